The number of nitrogens with one attached hydrogen (secondary N) is 1. The highest BCUT2D eigenvalue weighted by molar-refractivity contribution is 5.59. The molecule has 0 radical (unpaired) electrons. The number of nitrogens with two attached hydrogens (primary N) is 1. The Morgan fingerprint density at radius 2 is 2.05 bits per heavy atom. The molecule has 0 fully saturated rings. The summed E-state index contributed by atoms with van der Waals surface area (Å²) in [4.78, 5) is 10.1. The van der Waals surface area contributed by atoms with E-state index >= 15 is 0 Å². The van der Waals surface area contributed by atoms with Crippen LogP contribution in [0, 0.1) is 15.9 Å². The number of nitro benzene ring substituents is 1. The molecular formula is C13H20FN3O3. The highest BCUT2D eigenvalue weighted by Crippen LogP contribution is 2.32. The van der Waals surface area contributed by atoms with Crippen LogP contribution in [0.3, 0.4) is 0 Å². The Morgan fingerprint density at radius 3 is 2.50 bits per heavy atom. The quantitative estimate of drug-likeness (QED) is 0.593. The highest BCUT2D eigenvalue weighted by atomic mass is 19.1. The van der Waals surface area contributed by atoms with Gasteiger partial charge in [-0.05, 0) is 12.8 Å². The fraction of sp³-hybridized carbons (Fsp3) is 0.538. The molecule has 0 aliphatic heterocycles. The van der Waals surface area contributed by atoms with Gasteiger partial charge >= 0.3 is 5.69 Å². The highest BCUT2D eigenvalue weighted by Gasteiger charge is 2.23. The van der Waals surface area contributed by atoms with Crippen LogP contribution in [0.25, 0.3) is 0 Å². The van der Waals surface area contributed by atoms with E-state index in [4.69, 9.17) is 10.5 Å². The molecule has 0 aliphatic rings. The van der Waals surface area contributed by atoms with Gasteiger partial charge in [-0.3, -0.25) is 10.1 Å². The smallest absolute Gasteiger partial charge is 0.313 e. The summed E-state index contributed by atoms with van der Waals surface area (Å²) in [5, 5.41) is 13.7. The number of rotatable bonds is 7. The second kappa shape index (κ2) is 6.51. The van der Waals surface area contributed by atoms with Gasteiger partial charge in [0.1, 0.15) is 0 Å². The number of ether oxygens (including phenoxy) is 1. The number of halogens is 1. The van der Waals surface area contributed by atoms with Gasteiger partial charge in [-0.1, -0.05) is 13.8 Å². The van der Waals surface area contributed by atoms with E-state index in [0.717, 1.165) is 18.9 Å². The maximum Gasteiger partial charge on any atom is 0.313 e. The topological polar surface area (TPSA) is 90.4 Å². The average molecular weight is 285 g/mol. The summed E-state index contributed by atoms with van der Waals surface area (Å²) >= 11 is 0. The molecule has 0 unspecified atom stereocenters. The zero-order chi connectivity index (χ0) is 15.3. The third-order valence-electron chi connectivity index (χ3n) is 3.50. The molecule has 1 aromatic rings. The fourth-order valence-corrected chi connectivity index (χ4v) is 1.76. The van der Waals surface area contributed by atoms with Gasteiger partial charge in [0, 0.05) is 18.2 Å². The number of anilines is 1. The minimum Gasteiger partial charge on any atom is -0.490 e. The van der Waals surface area contributed by atoms with Crippen LogP contribution >= 0.6 is 0 Å². The summed E-state index contributed by atoms with van der Waals surface area (Å²) in [6.07, 6.45) is 1.48. The lowest BCUT2D eigenvalue weighted by Crippen LogP contribution is -2.45. The minimum absolute atomic E-state index is 0.00881. The van der Waals surface area contributed by atoms with Gasteiger partial charge in [-0.2, -0.15) is 0 Å². The van der Waals surface area contributed by atoms with Crippen molar-refractivity contribution in [2.45, 2.75) is 32.2 Å². The average Bonchev–Trinajstić information content (AvgIpc) is 2.45. The van der Waals surface area contributed by atoms with Gasteiger partial charge in [-0.15, -0.1) is 0 Å². The number of methoxy groups -OCH3 is 1. The Kier molecular flexibility index (Phi) is 5.26. The number of nitro groups is 1. The van der Waals surface area contributed by atoms with Gasteiger partial charge in [0.2, 0.25) is 0 Å². The first-order chi connectivity index (χ1) is 9.36. The summed E-state index contributed by atoms with van der Waals surface area (Å²) in [5.74, 6) is -0.693. The standard InChI is InChI=1S/C13H20FN3O3/c1-4-13(15,5-2)8-16-10-7-12(20-3)11(17(18)19)6-9(10)14/h6-7,16H,4-5,8,15H2,1-3H3. The molecule has 1 rings (SSSR count). The van der Waals surface area contributed by atoms with E-state index in [1.807, 2.05) is 13.8 Å². The van der Waals surface area contributed by atoms with Crippen LogP contribution in [0.1, 0.15) is 26.7 Å². The van der Waals surface area contributed by atoms with Crippen LogP contribution in [0.15, 0.2) is 12.1 Å². The van der Waals surface area contributed by atoms with E-state index in [1.165, 1.54) is 13.2 Å². The molecule has 7 heteroatoms. The first kappa shape index (κ1) is 16.2. The van der Waals surface area contributed by atoms with Crippen molar-refractivity contribution in [3.8, 4) is 5.75 Å². The Morgan fingerprint density at radius 1 is 1.45 bits per heavy atom. The van der Waals surface area contributed by atoms with E-state index in [-0.39, 0.29) is 11.4 Å². The van der Waals surface area contributed by atoms with E-state index in [1.54, 1.807) is 0 Å². The number of nitrogens with zero attached hydrogens (tertiary/aromatic N) is 1. The van der Waals surface area contributed by atoms with Crippen LogP contribution in [0.5, 0.6) is 5.75 Å². The minimum atomic E-state index is -0.702. The molecule has 0 amide bonds. The number of benzene rings is 1. The van der Waals surface area contributed by atoms with Crippen molar-refractivity contribution in [1.82, 2.24) is 0 Å². The van der Waals surface area contributed by atoms with Crippen LogP contribution in [-0.2, 0) is 0 Å². The molecule has 6 nitrogen and oxygen atoms in total. The van der Waals surface area contributed by atoms with Crippen molar-refractivity contribution in [3.05, 3.63) is 28.1 Å². The van der Waals surface area contributed by atoms with Crippen molar-refractivity contribution >= 4 is 11.4 Å². The molecule has 0 spiro atoms. The first-order valence-corrected chi connectivity index (χ1v) is 6.41. The zero-order valence-corrected chi connectivity index (χ0v) is 11.9. The molecule has 3 N–H and O–H groups in total. The lowest BCUT2D eigenvalue weighted by Gasteiger charge is -2.27. The van der Waals surface area contributed by atoms with E-state index < -0.39 is 22.0 Å². The summed E-state index contributed by atoms with van der Waals surface area (Å²) < 4.78 is 18.8. The molecule has 0 atom stereocenters. The molecule has 0 heterocycles. The van der Waals surface area contributed by atoms with Gasteiger partial charge < -0.3 is 15.8 Å². The van der Waals surface area contributed by atoms with Crippen molar-refractivity contribution in [2.75, 3.05) is 19.0 Å². The van der Waals surface area contributed by atoms with Gasteiger partial charge in [0.25, 0.3) is 0 Å². The Hall–Kier alpha value is -1.89. The largest absolute Gasteiger partial charge is 0.490 e. The normalized spacial score (nSPS) is 11.2. The Bertz CT molecular complexity index is 490. The van der Waals surface area contributed by atoms with Crippen molar-refractivity contribution < 1.29 is 14.1 Å². The van der Waals surface area contributed by atoms with Crippen LogP contribution in [0.2, 0.25) is 0 Å². The van der Waals surface area contributed by atoms with Gasteiger partial charge in [0.15, 0.2) is 11.6 Å². The van der Waals surface area contributed by atoms with Gasteiger partial charge in [-0.25, -0.2) is 4.39 Å². The molecule has 20 heavy (non-hydrogen) atoms. The lowest BCUT2D eigenvalue weighted by atomic mass is 9.94. The molecular weight excluding hydrogens is 265 g/mol. The lowest BCUT2D eigenvalue weighted by molar-refractivity contribution is -0.385. The van der Waals surface area contributed by atoms with E-state index in [0.29, 0.717) is 6.54 Å². The molecule has 0 aliphatic carbocycles. The number of hydrogen-bond acceptors (Lipinski definition) is 5. The van der Waals surface area contributed by atoms with Crippen molar-refractivity contribution in [3.63, 3.8) is 0 Å². The molecule has 0 bridgehead atoms. The summed E-state index contributed by atoms with van der Waals surface area (Å²) in [6, 6.07) is 2.12. The summed E-state index contributed by atoms with van der Waals surface area (Å²) in [6.45, 7) is 4.29. The first-order valence-electron chi connectivity index (χ1n) is 6.41. The van der Waals surface area contributed by atoms with Crippen LogP contribution < -0.4 is 15.8 Å². The molecule has 1 aromatic carbocycles. The Labute approximate surface area is 117 Å². The third-order valence-corrected chi connectivity index (χ3v) is 3.50. The van der Waals surface area contributed by atoms with Crippen molar-refractivity contribution in [2.24, 2.45) is 5.73 Å². The second-order valence-corrected chi connectivity index (χ2v) is 4.68. The van der Waals surface area contributed by atoms with Gasteiger partial charge in [0.05, 0.1) is 23.8 Å². The molecule has 112 valence electrons. The summed E-state index contributed by atoms with van der Waals surface area (Å²) in [7, 11) is 1.30. The van der Waals surface area contributed by atoms with Crippen molar-refractivity contribution in [1.29, 1.82) is 0 Å². The maximum atomic E-state index is 13.8. The number of hydrogen-bond donors (Lipinski definition) is 2. The van der Waals surface area contributed by atoms with Crippen LogP contribution in [-0.4, -0.2) is 24.1 Å². The molecule has 0 saturated heterocycles. The Balaban J connectivity index is 3.00. The zero-order valence-electron chi connectivity index (χ0n) is 11.9. The summed E-state index contributed by atoms with van der Waals surface area (Å²) in [5.41, 5.74) is 5.42. The second-order valence-electron chi connectivity index (χ2n) is 4.68. The fourth-order valence-electron chi connectivity index (χ4n) is 1.76. The molecule has 0 saturated carbocycles. The predicted octanol–water partition coefficient (Wildman–Crippen LogP) is 2.67. The monoisotopic (exact) mass is 285 g/mol. The van der Waals surface area contributed by atoms with E-state index in [2.05, 4.69) is 5.32 Å². The maximum absolute atomic E-state index is 13.8. The predicted molar refractivity (Wildman–Crippen MR) is 75.6 cm³/mol. The van der Waals surface area contributed by atoms with Crippen LogP contribution in [0.4, 0.5) is 15.8 Å². The third kappa shape index (κ3) is 3.57. The SMILES string of the molecule is CCC(N)(CC)CNc1cc(OC)c([N+](=O)[O-])cc1F. The molecule has 0 aromatic heterocycles. The van der Waals surface area contributed by atoms with E-state index in [9.17, 15) is 14.5 Å².